The van der Waals surface area contributed by atoms with E-state index in [1.165, 1.54) is 30.1 Å². The van der Waals surface area contributed by atoms with Gasteiger partial charge in [0.05, 0.1) is 10.4 Å². The van der Waals surface area contributed by atoms with Crippen molar-refractivity contribution in [2.45, 2.75) is 18.0 Å². The number of oxazole rings is 1. The summed E-state index contributed by atoms with van der Waals surface area (Å²) in [7, 11) is -2.47. The maximum Gasteiger partial charge on any atom is 0.420 e. The van der Waals surface area contributed by atoms with Gasteiger partial charge in [-0.05, 0) is 18.2 Å². The number of nitrogens with zero attached hydrogens (tertiary/aromatic N) is 2. The predicted octanol–water partition coefficient (Wildman–Crippen LogP) is 1.04. The van der Waals surface area contributed by atoms with Crippen LogP contribution in [-0.4, -0.2) is 30.8 Å². The summed E-state index contributed by atoms with van der Waals surface area (Å²) in [6, 6.07) is 9.75. The van der Waals surface area contributed by atoms with Gasteiger partial charge in [-0.3, -0.25) is 9.36 Å². The number of amides is 1. The summed E-state index contributed by atoms with van der Waals surface area (Å²) in [5, 5.41) is 5.05. The molecule has 3 aromatic rings. The summed E-state index contributed by atoms with van der Waals surface area (Å²) in [4.78, 5) is 25.6. The third-order valence-electron chi connectivity index (χ3n) is 4.05. The summed E-state index contributed by atoms with van der Waals surface area (Å²) in [6.45, 7) is -0.308. The molecule has 8 nitrogen and oxygen atoms in total. The van der Waals surface area contributed by atoms with Crippen molar-refractivity contribution < 1.29 is 22.0 Å². The van der Waals surface area contributed by atoms with Gasteiger partial charge in [0, 0.05) is 25.2 Å². The third kappa shape index (κ3) is 3.91. The highest BCUT2D eigenvalue weighted by Gasteiger charge is 2.18. The second kappa shape index (κ2) is 6.97. The van der Waals surface area contributed by atoms with Crippen LogP contribution >= 0.6 is 0 Å². The minimum atomic E-state index is -3.96. The maximum absolute atomic E-state index is 13.7. The zero-order valence-electron chi connectivity index (χ0n) is 14.3. The van der Waals surface area contributed by atoms with E-state index in [9.17, 15) is 22.4 Å². The Morgan fingerprint density at radius 2 is 1.96 bits per heavy atom. The van der Waals surface area contributed by atoms with Crippen LogP contribution in [0, 0.1) is 5.82 Å². The van der Waals surface area contributed by atoms with Gasteiger partial charge in [-0.25, -0.2) is 22.7 Å². The van der Waals surface area contributed by atoms with Crippen LogP contribution in [0.3, 0.4) is 0 Å². The summed E-state index contributed by atoms with van der Waals surface area (Å²) in [5.41, 5.74) is 0.590. The minimum absolute atomic E-state index is 0.00363. The molecule has 1 aromatic heterocycles. The van der Waals surface area contributed by atoms with Gasteiger partial charge < -0.3 is 9.32 Å². The average molecular weight is 393 g/mol. The summed E-state index contributed by atoms with van der Waals surface area (Å²) < 4.78 is 42.6. The molecule has 0 spiro atoms. The number of carbonyl (C=O) groups excluding carboxylic acids is 1. The molecule has 0 aliphatic rings. The Morgan fingerprint density at radius 3 is 2.63 bits per heavy atom. The van der Waals surface area contributed by atoms with Crippen LogP contribution < -0.4 is 10.9 Å². The van der Waals surface area contributed by atoms with Gasteiger partial charge in [-0.1, -0.05) is 18.2 Å². The highest BCUT2D eigenvalue weighted by molar-refractivity contribution is 7.89. The summed E-state index contributed by atoms with van der Waals surface area (Å²) in [5.74, 6) is -1.69. The van der Waals surface area contributed by atoms with Crippen LogP contribution in [0.4, 0.5) is 4.39 Å². The van der Waals surface area contributed by atoms with E-state index in [1.807, 2.05) is 0 Å². The molecule has 0 fully saturated rings. The number of carbonyl (C=O) groups is 1. The lowest BCUT2D eigenvalue weighted by atomic mass is 10.2. The Kier molecular flexibility index (Phi) is 4.85. The van der Waals surface area contributed by atoms with Gasteiger partial charge in [-0.2, -0.15) is 0 Å². The molecule has 0 aliphatic heterocycles. The van der Waals surface area contributed by atoms with E-state index < -0.39 is 27.5 Å². The Hall–Kier alpha value is -2.98. The molecule has 0 aliphatic carbocycles. The Balaban J connectivity index is 1.85. The molecule has 27 heavy (non-hydrogen) atoms. The Bertz CT molecular complexity index is 1180. The topological polar surface area (TPSA) is 116 Å². The normalized spacial score (nSPS) is 11.7. The van der Waals surface area contributed by atoms with Crippen LogP contribution in [0.25, 0.3) is 11.1 Å². The second-order valence-electron chi connectivity index (χ2n) is 5.97. The van der Waals surface area contributed by atoms with E-state index in [2.05, 4.69) is 0 Å². The summed E-state index contributed by atoms with van der Waals surface area (Å²) in [6.07, 6.45) is 0. The zero-order valence-corrected chi connectivity index (χ0v) is 15.1. The number of fused-ring (bicyclic) bond motifs is 1. The van der Waals surface area contributed by atoms with Gasteiger partial charge in [0.15, 0.2) is 5.58 Å². The quantitative estimate of drug-likeness (QED) is 0.695. The third-order valence-corrected chi connectivity index (χ3v) is 4.96. The first-order chi connectivity index (χ1) is 12.7. The molecule has 1 amide bonds. The van der Waals surface area contributed by atoms with Crippen LogP contribution in [0.1, 0.15) is 5.56 Å². The summed E-state index contributed by atoms with van der Waals surface area (Å²) >= 11 is 0. The molecule has 2 N–H and O–H groups in total. The molecule has 0 bridgehead atoms. The zero-order chi connectivity index (χ0) is 19.8. The van der Waals surface area contributed by atoms with Crippen LogP contribution in [0.2, 0.25) is 0 Å². The fourth-order valence-electron chi connectivity index (χ4n) is 2.60. The number of hydrogen-bond donors (Lipinski definition) is 1. The van der Waals surface area contributed by atoms with Crippen molar-refractivity contribution in [2.75, 3.05) is 7.05 Å². The minimum Gasteiger partial charge on any atom is -0.408 e. The van der Waals surface area contributed by atoms with Crippen molar-refractivity contribution >= 4 is 27.0 Å². The number of benzene rings is 2. The Labute approximate surface area is 153 Å². The van der Waals surface area contributed by atoms with Crippen molar-refractivity contribution in [3.63, 3.8) is 0 Å². The highest BCUT2D eigenvalue weighted by atomic mass is 32.2. The number of primary sulfonamides is 1. The average Bonchev–Trinajstić information content (AvgIpc) is 2.91. The number of rotatable bonds is 5. The molecule has 0 saturated heterocycles. The van der Waals surface area contributed by atoms with Crippen LogP contribution in [0.15, 0.2) is 56.6 Å². The van der Waals surface area contributed by atoms with Crippen LogP contribution in [0.5, 0.6) is 0 Å². The van der Waals surface area contributed by atoms with E-state index in [0.29, 0.717) is 5.56 Å². The molecule has 1 heterocycles. The molecule has 0 atom stereocenters. The standard InChI is InChI=1S/C17H16FN3O5S/c1-20(9-11-4-2-3-5-13(11)18)16(22)10-21-14-7-6-12(27(19,24)25)8-15(14)26-17(21)23/h2-8H,9-10H2,1H3,(H2,19,24,25). The molecule has 0 saturated carbocycles. The van der Waals surface area contributed by atoms with Crippen molar-refractivity contribution in [3.8, 4) is 0 Å². The monoisotopic (exact) mass is 393 g/mol. The van der Waals surface area contributed by atoms with Gasteiger partial charge in [0.25, 0.3) is 0 Å². The first-order valence-electron chi connectivity index (χ1n) is 7.80. The molecule has 10 heteroatoms. The Morgan fingerprint density at radius 1 is 1.26 bits per heavy atom. The molecule has 0 radical (unpaired) electrons. The fraction of sp³-hybridized carbons (Fsp3) is 0.176. The number of hydrogen-bond acceptors (Lipinski definition) is 5. The van der Waals surface area contributed by atoms with Crippen molar-refractivity contribution in [3.05, 3.63) is 64.4 Å². The molecule has 0 unspecified atom stereocenters. The smallest absolute Gasteiger partial charge is 0.408 e. The van der Waals surface area contributed by atoms with Crippen molar-refractivity contribution in [1.29, 1.82) is 0 Å². The lowest BCUT2D eigenvalue weighted by Gasteiger charge is -2.17. The maximum atomic E-state index is 13.7. The van der Waals surface area contributed by atoms with Gasteiger partial charge >= 0.3 is 5.76 Å². The van der Waals surface area contributed by atoms with E-state index >= 15 is 0 Å². The SMILES string of the molecule is CN(Cc1ccccc1F)C(=O)Cn1c(=O)oc2cc(S(N)(=O)=O)ccc21. The number of aromatic nitrogens is 1. The van der Waals surface area contributed by atoms with Crippen molar-refractivity contribution in [1.82, 2.24) is 9.47 Å². The number of nitrogens with two attached hydrogens (primary N) is 1. The number of likely N-dealkylation sites (N-methyl/N-ethyl adjacent to an activating group) is 1. The van der Waals surface area contributed by atoms with E-state index in [0.717, 1.165) is 10.6 Å². The van der Waals surface area contributed by atoms with Gasteiger partial charge in [0.2, 0.25) is 15.9 Å². The second-order valence-corrected chi connectivity index (χ2v) is 7.53. The fourth-order valence-corrected chi connectivity index (χ4v) is 3.13. The van der Waals surface area contributed by atoms with E-state index in [1.54, 1.807) is 18.2 Å². The van der Waals surface area contributed by atoms with Gasteiger partial charge in [-0.15, -0.1) is 0 Å². The molecular formula is C17H16FN3O5S. The predicted molar refractivity (Wildman–Crippen MR) is 94.7 cm³/mol. The number of sulfonamides is 1. The van der Waals surface area contributed by atoms with E-state index in [-0.39, 0.29) is 29.1 Å². The first kappa shape index (κ1) is 18.8. The largest absolute Gasteiger partial charge is 0.420 e. The lowest BCUT2D eigenvalue weighted by molar-refractivity contribution is -0.131. The van der Waals surface area contributed by atoms with Crippen LogP contribution in [-0.2, 0) is 27.9 Å². The number of halogens is 1. The molecule has 3 rings (SSSR count). The van der Waals surface area contributed by atoms with Crippen molar-refractivity contribution in [2.24, 2.45) is 5.14 Å². The van der Waals surface area contributed by atoms with Gasteiger partial charge in [0.1, 0.15) is 12.4 Å². The van der Waals surface area contributed by atoms with E-state index in [4.69, 9.17) is 9.56 Å². The molecule has 142 valence electrons. The molecular weight excluding hydrogens is 377 g/mol. The highest BCUT2D eigenvalue weighted by Crippen LogP contribution is 2.18. The first-order valence-corrected chi connectivity index (χ1v) is 9.35. The molecule has 2 aromatic carbocycles. The lowest BCUT2D eigenvalue weighted by Crippen LogP contribution is -2.32.